The lowest BCUT2D eigenvalue weighted by atomic mass is 9.95. The number of rotatable bonds is 5. The molecule has 2 aromatic heterocycles. The van der Waals surface area contributed by atoms with Crippen LogP contribution in [0.4, 0.5) is 0 Å². The van der Waals surface area contributed by atoms with Gasteiger partial charge in [0.25, 0.3) is 0 Å². The van der Waals surface area contributed by atoms with Gasteiger partial charge in [-0.05, 0) is 51.2 Å². The van der Waals surface area contributed by atoms with Crippen molar-refractivity contribution < 1.29 is 4.42 Å². The summed E-state index contributed by atoms with van der Waals surface area (Å²) in [6.45, 7) is 0. The largest absolute Gasteiger partial charge is 0.456 e. The topological polar surface area (TPSA) is 51.8 Å². The third kappa shape index (κ3) is 4.84. The molecule has 0 saturated heterocycles. The predicted octanol–water partition coefficient (Wildman–Crippen LogP) is 11.3. The molecule has 47 heavy (non-hydrogen) atoms. The molecule has 2 heterocycles. The Morgan fingerprint density at radius 2 is 0.894 bits per heavy atom. The molecule has 7 aromatic carbocycles. The monoisotopic (exact) mass is 601 g/mol. The van der Waals surface area contributed by atoms with E-state index < -0.39 is 0 Å². The number of fused-ring (bicyclic) bond motifs is 5. The van der Waals surface area contributed by atoms with E-state index in [1.807, 2.05) is 60.7 Å². The normalized spacial score (nSPS) is 11.4. The SMILES string of the molecule is c1ccc(-c2nc(-c3ccccc3)nc(-c3cccc(-c4ccc(-c5cccc6oc7ccc8ccccc8c7c56)cc4)c3)n2)cc1. The molecule has 0 unspecified atom stereocenters. The molecule has 0 N–H and O–H groups in total. The number of nitrogens with zero attached hydrogens (tertiary/aromatic N) is 3. The number of hydrogen-bond acceptors (Lipinski definition) is 4. The van der Waals surface area contributed by atoms with E-state index in [4.69, 9.17) is 19.4 Å². The molecule has 0 fully saturated rings. The fraction of sp³-hybridized carbons (Fsp3) is 0. The van der Waals surface area contributed by atoms with Crippen LogP contribution < -0.4 is 0 Å². The molecule has 0 radical (unpaired) electrons. The lowest BCUT2D eigenvalue weighted by molar-refractivity contribution is 0.669. The third-order valence-electron chi connectivity index (χ3n) is 8.74. The molecular formula is C43H27N3O. The quantitative estimate of drug-likeness (QED) is 0.197. The Labute approximate surface area is 271 Å². The molecule has 9 aromatic rings. The number of aromatic nitrogens is 3. The zero-order valence-electron chi connectivity index (χ0n) is 25.3. The molecule has 0 bridgehead atoms. The molecular weight excluding hydrogens is 574 g/mol. The van der Waals surface area contributed by atoms with Crippen LogP contribution in [0.5, 0.6) is 0 Å². The maximum absolute atomic E-state index is 6.33. The smallest absolute Gasteiger partial charge is 0.164 e. The van der Waals surface area contributed by atoms with Crippen LogP contribution in [0.3, 0.4) is 0 Å². The summed E-state index contributed by atoms with van der Waals surface area (Å²) in [6, 6.07) is 56.3. The molecule has 9 rings (SSSR count). The summed E-state index contributed by atoms with van der Waals surface area (Å²) >= 11 is 0. The standard InChI is InChI=1S/C43H27N3O/c1-3-12-31(13-4-1)41-44-42(32-14-5-2-6-15-32)46-43(45-41)34-17-9-16-33(27-34)28-21-23-30(24-22-28)36-19-10-20-37-39(36)40-35-18-8-7-11-29(35)25-26-38(40)47-37/h1-27H. The van der Waals surface area contributed by atoms with Crippen LogP contribution in [0.25, 0.3) is 89.1 Å². The second kappa shape index (κ2) is 11.2. The molecule has 0 atom stereocenters. The molecule has 0 aliphatic carbocycles. The van der Waals surface area contributed by atoms with Crippen molar-refractivity contribution in [3.63, 3.8) is 0 Å². The van der Waals surface area contributed by atoms with E-state index in [-0.39, 0.29) is 0 Å². The lowest BCUT2D eigenvalue weighted by Gasteiger charge is -2.10. The lowest BCUT2D eigenvalue weighted by Crippen LogP contribution is -2.00. The fourth-order valence-electron chi connectivity index (χ4n) is 6.45. The van der Waals surface area contributed by atoms with Crippen molar-refractivity contribution in [2.75, 3.05) is 0 Å². The Bertz CT molecular complexity index is 2500. The summed E-state index contributed by atoms with van der Waals surface area (Å²) in [6.07, 6.45) is 0. The van der Waals surface area contributed by atoms with Gasteiger partial charge in [-0.15, -0.1) is 0 Å². The van der Waals surface area contributed by atoms with Crippen LogP contribution in [-0.2, 0) is 0 Å². The fourth-order valence-corrected chi connectivity index (χ4v) is 6.45. The summed E-state index contributed by atoms with van der Waals surface area (Å²) in [5.74, 6) is 1.94. The molecule has 220 valence electrons. The second-order valence-corrected chi connectivity index (χ2v) is 11.6. The van der Waals surface area contributed by atoms with E-state index in [0.717, 1.165) is 60.9 Å². The van der Waals surface area contributed by atoms with Gasteiger partial charge in [-0.25, -0.2) is 15.0 Å². The second-order valence-electron chi connectivity index (χ2n) is 11.6. The van der Waals surface area contributed by atoms with Crippen LogP contribution in [-0.4, -0.2) is 15.0 Å². The Hall–Kier alpha value is -6.39. The van der Waals surface area contributed by atoms with Crippen molar-refractivity contribution >= 4 is 32.7 Å². The first-order valence-electron chi connectivity index (χ1n) is 15.7. The summed E-state index contributed by atoms with van der Waals surface area (Å²) in [4.78, 5) is 14.7. The highest BCUT2D eigenvalue weighted by molar-refractivity contribution is 6.22. The molecule has 0 amide bonds. The first-order valence-corrected chi connectivity index (χ1v) is 15.7. The van der Waals surface area contributed by atoms with E-state index in [0.29, 0.717) is 17.5 Å². The van der Waals surface area contributed by atoms with E-state index in [9.17, 15) is 0 Å². The van der Waals surface area contributed by atoms with Crippen molar-refractivity contribution in [1.29, 1.82) is 0 Å². The van der Waals surface area contributed by atoms with E-state index in [2.05, 4.69) is 103 Å². The van der Waals surface area contributed by atoms with Gasteiger partial charge in [-0.3, -0.25) is 0 Å². The third-order valence-corrected chi connectivity index (χ3v) is 8.74. The highest BCUT2D eigenvalue weighted by Gasteiger charge is 2.16. The minimum absolute atomic E-state index is 0.641. The van der Waals surface area contributed by atoms with Crippen LogP contribution in [0.1, 0.15) is 0 Å². The summed E-state index contributed by atoms with van der Waals surface area (Å²) in [7, 11) is 0. The van der Waals surface area contributed by atoms with Gasteiger partial charge in [0.15, 0.2) is 17.5 Å². The van der Waals surface area contributed by atoms with Crippen molar-refractivity contribution in [1.82, 2.24) is 15.0 Å². The molecule has 0 spiro atoms. The predicted molar refractivity (Wildman–Crippen MR) is 192 cm³/mol. The van der Waals surface area contributed by atoms with Gasteiger partial charge in [-0.2, -0.15) is 0 Å². The van der Waals surface area contributed by atoms with Gasteiger partial charge in [0.05, 0.1) is 0 Å². The van der Waals surface area contributed by atoms with E-state index >= 15 is 0 Å². The van der Waals surface area contributed by atoms with Gasteiger partial charge in [0.2, 0.25) is 0 Å². The molecule has 4 heteroatoms. The van der Waals surface area contributed by atoms with E-state index in [1.165, 1.54) is 10.8 Å². The Kier molecular flexibility index (Phi) is 6.43. The molecule has 4 nitrogen and oxygen atoms in total. The van der Waals surface area contributed by atoms with Gasteiger partial charge in [0.1, 0.15) is 11.2 Å². The van der Waals surface area contributed by atoms with Crippen LogP contribution in [0, 0.1) is 0 Å². The average Bonchev–Trinajstić information content (AvgIpc) is 3.55. The summed E-state index contributed by atoms with van der Waals surface area (Å²) in [5, 5.41) is 4.71. The minimum Gasteiger partial charge on any atom is -0.456 e. The van der Waals surface area contributed by atoms with Crippen LogP contribution in [0.15, 0.2) is 168 Å². The highest BCUT2D eigenvalue weighted by Crippen LogP contribution is 2.40. The first-order chi connectivity index (χ1) is 23.3. The zero-order chi connectivity index (χ0) is 31.2. The molecule has 0 saturated carbocycles. The van der Waals surface area contributed by atoms with E-state index in [1.54, 1.807) is 0 Å². The van der Waals surface area contributed by atoms with Crippen molar-refractivity contribution in [3.05, 3.63) is 164 Å². The van der Waals surface area contributed by atoms with Crippen LogP contribution >= 0.6 is 0 Å². The molecule has 0 aliphatic heterocycles. The van der Waals surface area contributed by atoms with Crippen LogP contribution in [0.2, 0.25) is 0 Å². The average molecular weight is 602 g/mol. The van der Waals surface area contributed by atoms with Gasteiger partial charge in [0, 0.05) is 27.5 Å². The number of furan rings is 1. The zero-order valence-corrected chi connectivity index (χ0v) is 25.3. The number of benzene rings is 7. The molecule has 0 aliphatic rings. The van der Waals surface area contributed by atoms with Gasteiger partial charge in [-0.1, -0.05) is 146 Å². The Balaban J connectivity index is 1.12. The maximum atomic E-state index is 6.33. The van der Waals surface area contributed by atoms with Crippen molar-refractivity contribution in [3.8, 4) is 56.4 Å². The summed E-state index contributed by atoms with van der Waals surface area (Å²) in [5.41, 5.74) is 9.15. The minimum atomic E-state index is 0.641. The van der Waals surface area contributed by atoms with Crippen molar-refractivity contribution in [2.45, 2.75) is 0 Å². The van der Waals surface area contributed by atoms with Gasteiger partial charge >= 0.3 is 0 Å². The first kappa shape index (κ1) is 27.0. The number of hydrogen-bond donors (Lipinski definition) is 0. The Morgan fingerprint density at radius 3 is 1.62 bits per heavy atom. The maximum Gasteiger partial charge on any atom is 0.164 e. The highest BCUT2D eigenvalue weighted by atomic mass is 16.3. The van der Waals surface area contributed by atoms with Gasteiger partial charge < -0.3 is 4.42 Å². The van der Waals surface area contributed by atoms with Crippen molar-refractivity contribution in [2.24, 2.45) is 0 Å². The summed E-state index contributed by atoms with van der Waals surface area (Å²) < 4.78 is 6.33. The Morgan fingerprint density at radius 1 is 0.340 bits per heavy atom.